The highest BCUT2D eigenvalue weighted by atomic mass is 16.1. The molecule has 1 rings (SSSR count). The second-order valence-electron chi connectivity index (χ2n) is 3.18. The Morgan fingerprint density at radius 3 is 3.00 bits per heavy atom. The highest BCUT2D eigenvalue weighted by molar-refractivity contribution is 5.79. The Morgan fingerprint density at radius 2 is 2.30 bits per heavy atom. The Labute approximate surface area is 62.2 Å². The average Bonchev–Trinajstić information content (AvgIpc) is 1.96. The van der Waals surface area contributed by atoms with Crippen LogP contribution in [0, 0.1) is 0 Å². The van der Waals surface area contributed by atoms with Crippen LogP contribution in [0.15, 0.2) is 0 Å². The van der Waals surface area contributed by atoms with Gasteiger partial charge in [0.2, 0.25) is 0 Å². The van der Waals surface area contributed by atoms with Crippen molar-refractivity contribution in [2.75, 3.05) is 13.6 Å². The molecule has 1 fully saturated rings. The minimum absolute atomic E-state index is 0.428. The predicted octanol–water partition coefficient (Wildman–Crippen LogP) is 1.06. The first kappa shape index (κ1) is 7.73. The fraction of sp³-hybridized carbons (Fsp3) is 0.875. The van der Waals surface area contributed by atoms with E-state index in [1.165, 1.54) is 0 Å². The molecular weight excluding hydrogens is 126 g/mol. The number of nitrogens with zero attached hydrogens (tertiary/aromatic N) is 1. The first-order valence-corrected chi connectivity index (χ1v) is 3.92. The second-order valence-corrected chi connectivity index (χ2v) is 3.18. The summed E-state index contributed by atoms with van der Waals surface area (Å²) in [6.45, 7) is 3.19. The molecule has 2 nitrogen and oxygen atoms in total. The lowest BCUT2D eigenvalue weighted by Crippen LogP contribution is -2.28. The molecule has 1 saturated heterocycles. The molecule has 0 aromatic carbocycles. The van der Waals surface area contributed by atoms with Gasteiger partial charge in [-0.15, -0.1) is 0 Å². The van der Waals surface area contributed by atoms with Crippen LogP contribution in [0.1, 0.15) is 26.2 Å². The number of carbonyl (C=O) groups excluding carboxylic acids is 1. The van der Waals surface area contributed by atoms with Gasteiger partial charge in [-0.2, -0.15) is 0 Å². The Kier molecular flexibility index (Phi) is 2.44. The summed E-state index contributed by atoms with van der Waals surface area (Å²) in [5.41, 5.74) is 0. The van der Waals surface area contributed by atoms with Gasteiger partial charge in [-0.25, -0.2) is 0 Å². The molecule has 1 atom stereocenters. The summed E-state index contributed by atoms with van der Waals surface area (Å²) >= 11 is 0. The Balaban J connectivity index is 2.49. The smallest absolute Gasteiger partial charge is 0.134 e. The van der Waals surface area contributed by atoms with Gasteiger partial charge in [0, 0.05) is 18.9 Å². The molecule has 0 aromatic heterocycles. The van der Waals surface area contributed by atoms with Gasteiger partial charge in [0.1, 0.15) is 5.78 Å². The van der Waals surface area contributed by atoms with Crippen molar-refractivity contribution in [1.29, 1.82) is 0 Å². The van der Waals surface area contributed by atoms with Crippen molar-refractivity contribution in [3.63, 3.8) is 0 Å². The topological polar surface area (TPSA) is 20.3 Å². The second kappa shape index (κ2) is 3.15. The molecule has 0 bridgehead atoms. The lowest BCUT2D eigenvalue weighted by Gasteiger charge is -2.20. The molecule has 0 saturated carbocycles. The first-order valence-electron chi connectivity index (χ1n) is 3.92. The van der Waals surface area contributed by atoms with E-state index in [1.807, 2.05) is 0 Å². The van der Waals surface area contributed by atoms with Crippen molar-refractivity contribution in [1.82, 2.24) is 4.90 Å². The molecule has 0 amide bonds. The van der Waals surface area contributed by atoms with Crippen LogP contribution >= 0.6 is 0 Å². The Morgan fingerprint density at radius 1 is 1.60 bits per heavy atom. The highest BCUT2D eigenvalue weighted by Gasteiger charge is 2.17. The van der Waals surface area contributed by atoms with Gasteiger partial charge in [-0.3, -0.25) is 4.79 Å². The van der Waals surface area contributed by atoms with Gasteiger partial charge in [0.15, 0.2) is 0 Å². The minimum Gasteiger partial charge on any atom is -0.303 e. The summed E-state index contributed by atoms with van der Waals surface area (Å²) in [5, 5.41) is 0. The Bertz CT molecular complexity index is 133. The molecule has 0 aromatic rings. The number of hydrogen-bond acceptors (Lipinski definition) is 2. The molecule has 0 aliphatic carbocycles. The molecule has 1 heterocycles. The largest absolute Gasteiger partial charge is 0.303 e. The van der Waals surface area contributed by atoms with Gasteiger partial charge < -0.3 is 4.90 Å². The van der Waals surface area contributed by atoms with Crippen LogP contribution in [0.2, 0.25) is 0 Å². The fourth-order valence-corrected chi connectivity index (χ4v) is 1.33. The van der Waals surface area contributed by atoms with E-state index in [-0.39, 0.29) is 0 Å². The third-order valence-electron chi connectivity index (χ3n) is 2.24. The van der Waals surface area contributed by atoms with Crippen LogP contribution in [-0.4, -0.2) is 30.3 Å². The zero-order valence-corrected chi connectivity index (χ0v) is 6.76. The van der Waals surface area contributed by atoms with Crippen molar-refractivity contribution in [3.05, 3.63) is 0 Å². The van der Waals surface area contributed by atoms with E-state index >= 15 is 0 Å². The number of carbonyl (C=O) groups is 1. The Hall–Kier alpha value is -0.370. The standard InChI is InChI=1S/C8H15NO/c1-7-6-8(10)4-3-5-9(7)2/h7H,3-6H2,1-2H3. The first-order chi connectivity index (χ1) is 4.70. The number of hydrogen-bond donors (Lipinski definition) is 0. The van der Waals surface area contributed by atoms with Crippen LogP contribution in [-0.2, 0) is 4.79 Å². The monoisotopic (exact) mass is 141 g/mol. The van der Waals surface area contributed by atoms with E-state index < -0.39 is 0 Å². The highest BCUT2D eigenvalue weighted by Crippen LogP contribution is 2.10. The number of likely N-dealkylation sites (tertiary alicyclic amines) is 1. The van der Waals surface area contributed by atoms with Gasteiger partial charge in [0.05, 0.1) is 0 Å². The maximum Gasteiger partial charge on any atom is 0.134 e. The third-order valence-corrected chi connectivity index (χ3v) is 2.24. The molecule has 0 N–H and O–H groups in total. The van der Waals surface area contributed by atoms with E-state index in [4.69, 9.17) is 0 Å². The quantitative estimate of drug-likeness (QED) is 0.502. The maximum atomic E-state index is 11.0. The van der Waals surface area contributed by atoms with Crippen LogP contribution in [0.3, 0.4) is 0 Å². The summed E-state index contributed by atoms with van der Waals surface area (Å²) in [5.74, 6) is 0.428. The van der Waals surface area contributed by atoms with Crippen molar-refractivity contribution < 1.29 is 4.79 Å². The van der Waals surface area contributed by atoms with E-state index in [1.54, 1.807) is 0 Å². The molecular formula is C8H15NO. The SMILES string of the molecule is CC1CC(=O)CCCN1C. The molecule has 1 aliphatic heterocycles. The van der Waals surface area contributed by atoms with Crippen LogP contribution < -0.4 is 0 Å². The average molecular weight is 141 g/mol. The van der Waals surface area contributed by atoms with Crippen molar-refractivity contribution in [2.24, 2.45) is 0 Å². The third kappa shape index (κ3) is 1.81. The molecule has 10 heavy (non-hydrogen) atoms. The van der Waals surface area contributed by atoms with Crippen molar-refractivity contribution in [3.8, 4) is 0 Å². The molecule has 2 heteroatoms. The van der Waals surface area contributed by atoms with Crippen LogP contribution in [0.25, 0.3) is 0 Å². The summed E-state index contributed by atoms with van der Waals surface area (Å²) in [7, 11) is 2.09. The maximum absolute atomic E-state index is 11.0. The molecule has 58 valence electrons. The number of Topliss-reactive ketones (excluding diaryl/α,β-unsaturated/α-hetero) is 1. The molecule has 1 unspecified atom stereocenters. The van der Waals surface area contributed by atoms with Gasteiger partial charge in [-0.1, -0.05) is 0 Å². The summed E-state index contributed by atoms with van der Waals surface area (Å²) in [6, 6.07) is 0.454. The van der Waals surface area contributed by atoms with E-state index in [0.29, 0.717) is 11.8 Å². The van der Waals surface area contributed by atoms with Gasteiger partial charge >= 0.3 is 0 Å². The fourth-order valence-electron chi connectivity index (χ4n) is 1.33. The zero-order chi connectivity index (χ0) is 7.56. The lowest BCUT2D eigenvalue weighted by molar-refractivity contribution is -0.119. The van der Waals surface area contributed by atoms with E-state index in [0.717, 1.165) is 25.8 Å². The molecule has 1 aliphatic rings. The van der Waals surface area contributed by atoms with Gasteiger partial charge in [0.25, 0.3) is 0 Å². The number of ketones is 1. The zero-order valence-electron chi connectivity index (χ0n) is 6.76. The molecule has 0 spiro atoms. The van der Waals surface area contributed by atoms with Gasteiger partial charge in [-0.05, 0) is 26.9 Å². The number of rotatable bonds is 0. The lowest BCUT2D eigenvalue weighted by atomic mass is 10.1. The summed E-state index contributed by atoms with van der Waals surface area (Å²) < 4.78 is 0. The normalized spacial score (nSPS) is 30.2. The van der Waals surface area contributed by atoms with Crippen LogP contribution in [0.4, 0.5) is 0 Å². The predicted molar refractivity (Wildman–Crippen MR) is 41.0 cm³/mol. The summed E-state index contributed by atoms with van der Waals surface area (Å²) in [6.07, 6.45) is 2.57. The van der Waals surface area contributed by atoms with Crippen molar-refractivity contribution >= 4 is 5.78 Å². The summed E-state index contributed by atoms with van der Waals surface area (Å²) in [4.78, 5) is 13.3. The van der Waals surface area contributed by atoms with E-state index in [9.17, 15) is 4.79 Å². The van der Waals surface area contributed by atoms with E-state index in [2.05, 4.69) is 18.9 Å². The molecule has 0 radical (unpaired) electrons. The van der Waals surface area contributed by atoms with Crippen molar-refractivity contribution in [2.45, 2.75) is 32.2 Å². The van der Waals surface area contributed by atoms with Crippen LogP contribution in [0.5, 0.6) is 0 Å². The minimum atomic E-state index is 0.428.